The summed E-state index contributed by atoms with van der Waals surface area (Å²) in [5.74, 6) is -0.221. The third kappa shape index (κ3) is 3.04. The minimum absolute atomic E-state index is 0.0298. The van der Waals surface area contributed by atoms with Crippen LogP contribution in [0.25, 0.3) is 0 Å². The van der Waals surface area contributed by atoms with Crippen LogP contribution in [0.4, 0.5) is 5.69 Å². The quantitative estimate of drug-likeness (QED) is 0.659. The predicted molar refractivity (Wildman–Crippen MR) is 76.8 cm³/mol. The molecule has 0 heterocycles. The van der Waals surface area contributed by atoms with Gasteiger partial charge < -0.3 is 5.73 Å². The van der Waals surface area contributed by atoms with Crippen LogP contribution in [0, 0.1) is 6.92 Å². The maximum atomic E-state index is 12.3. The molecule has 6 heteroatoms. The molecule has 0 aliphatic carbocycles. The zero-order valence-corrected chi connectivity index (χ0v) is 11.6. The summed E-state index contributed by atoms with van der Waals surface area (Å²) in [6.45, 7) is 1.84. The van der Waals surface area contributed by atoms with Crippen molar-refractivity contribution in [1.29, 1.82) is 0 Å². The van der Waals surface area contributed by atoms with Gasteiger partial charge in [-0.25, -0.2) is 13.6 Å². The van der Waals surface area contributed by atoms with E-state index in [4.69, 9.17) is 10.9 Å². The number of ketones is 1. The Morgan fingerprint density at radius 1 is 1.00 bits per heavy atom. The predicted octanol–water partition coefficient (Wildman–Crippen LogP) is 1.46. The minimum Gasteiger partial charge on any atom is -0.399 e. The van der Waals surface area contributed by atoms with E-state index in [0.29, 0.717) is 16.8 Å². The summed E-state index contributed by atoms with van der Waals surface area (Å²) in [5, 5.41) is 5.00. The smallest absolute Gasteiger partial charge is 0.238 e. The monoisotopic (exact) mass is 290 g/mol. The number of carbonyl (C=O) groups excluding carboxylic acids is 1. The van der Waals surface area contributed by atoms with Crippen molar-refractivity contribution in [2.75, 3.05) is 5.73 Å². The Kier molecular flexibility index (Phi) is 3.61. The molecule has 20 heavy (non-hydrogen) atoms. The zero-order chi connectivity index (χ0) is 14.9. The van der Waals surface area contributed by atoms with Crippen LogP contribution in [-0.2, 0) is 10.0 Å². The van der Waals surface area contributed by atoms with Gasteiger partial charge in [-0.15, -0.1) is 0 Å². The van der Waals surface area contributed by atoms with Crippen LogP contribution in [0.3, 0.4) is 0 Å². The maximum absolute atomic E-state index is 12.3. The molecule has 0 amide bonds. The van der Waals surface area contributed by atoms with E-state index in [1.54, 1.807) is 18.2 Å². The number of benzene rings is 2. The Morgan fingerprint density at radius 2 is 1.60 bits per heavy atom. The summed E-state index contributed by atoms with van der Waals surface area (Å²) in [6, 6.07) is 10.6. The molecule has 0 unspecified atom stereocenters. The van der Waals surface area contributed by atoms with Crippen molar-refractivity contribution >= 4 is 21.5 Å². The Hall–Kier alpha value is -2.18. The Balaban J connectivity index is 2.39. The van der Waals surface area contributed by atoms with Gasteiger partial charge in [0.25, 0.3) is 0 Å². The third-order valence-corrected chi connectivity index (χ3v) is 3.74. The number of carbonyl (C=O) groups is 1. The third-order valence-electron chi connectivity index (χ3n) is 2.81. The summed E-state index contributed by atoms with van der Waals surface area (Å²) < 4.78 is 22.3. The molecule has 0 aliphatic heterocycles. The van der Waals surface area contributed by atoms with Crippen LogP contribution in [0.15, 0.2) is 47.4 Å². The van der Waals surface area contributed by atoms with Crippen LogP contribution in [0.5, 0.6) is 0 Å². The molecule has 0 radical (unpaired) electrons. The molecule has 2 rings (SSSR count). The fourth-order valence-corrected chi connectivity index (χ4v) is 2.42. The van der Waals surface area contributed by atoms with Gasteiger partial charge in [0.05, 0.1) is 4.90 Å². The summed E-state index contributed by atoms with van der Waals surface area (Å²) in [4.78, 5) is 12.2. The lowest BCUT2D eigenvalue weighted by molar-refractivity contribution is 0.103. The number of anilines is 1. The van der Waals surface area contributed by atoms with Crippen molar-refractivity contribution in [2.24, 2.45) is 5.14 Å². The first-order valence-electron chi connectivity index (χ1n) is 5.82. The largest absolute Gasteiger partial charge is 0.399 e. The van der Waals surface area contributed by atoms with Crippen LogP contribution >= 0.6 is 0 Å². The van der Waals surface area contributed by atoms with Gasteiger partial charge in [0.15, 0.2) is 5.78 Å². The molecule has 0 fully saturated rings. The Morgan fingerprint density at radius 3 is 2.10 bits per heavy atom. The van der Waals surface area contributed by atoms with E-state index in [0.717, 1.165) is 5.56 Å². The van der Waals surface area contributed by atoms with E-state index in [1.807, 2.05) is 6.92 Å². The molecule has 0 atom stereocenters. The van der Waals surface area contributed by atoms with E-state index in [9.17, 15) is 13.2 Å². The number of sulfonamides is 1. The lowest BCUT2D eigenvalue weighted by Crippen LogP contribution is -2.12. The summed E-state index contributed by atoms with van der Waals surface area (Å²) in [7, 11) is -3.75. The second-order valence-electron chi connectivity index (χ2n) is 4.53. The SMILES string of the molecule is Cc1cc(N)cc(C(=O)c2ccc(S(N)(=O)=O)cc2)c1. The average molecular weight is 290 g/mol. The highest BCUT2D eigenvalue weighted by Gasteiger charge is 2.12. The number of rotatable bonds is 3. The summed E-state index contributed by atoms with van der Waals surface area (Å²) in [5.41, 5.74) is 7.94. The lowest BCUT2D eigenvalue weighted by atomic mass is 10.0. The van der Waals surface area contributed by atoms with Crippen molar-refractivity contribution < 1.29 is 13.2 Å². The molecule has 0 aliphatic rings. The van der Waals surface area contributed by atoms with E-state index in [2.05, 4.69) is 0 Å². The molecule has 2 aromatic rings. The maximum Gasteiger partial charge on any atom is 0.238 e. The topological polar surface area (TPSA) is 103 Å². The number of nitrogens with two attached hydrogens (primary N) is 2. The first-order valence-corrected chi connectivity index (χ1v) is 7.37. The highest BCUT2D eigenvalue weighted by molar-refractivity contribution is 7.89. The van der Waals surface area contributed by atoms with Gasteiger partial charge in [0.1, 0.15) is 0 Å². The van der Waals surface area contributed by atoms with Gasteiger partial charge in [-0.1, -0.05) is 0 Å². The number of nitrogen functional groups attached to an aromatic ring is 1. The fourth-order valence-electron chi connectivity index (χ4n) is 1.91. The Bertz CT molecular complexity index is 745. The number of aryl methyl sites for hydroxylation is 1. The van der Waals surface area contributed by atoms with Crippen molar-refractivity contribution in [1.82, 2.24) is 0 Å². The van der Waals surface area contributed by atoms with Gasteiger partial charge in [-0.05, 0) is 55.0 Å². The standard InChI is InChI=1S/C14H14N2O3S/c1-9-6-11(8-12(15)7-9)14(17)10-2-4-13(5-3-10)20(16,18)19/h2-8H,15H2,1H3,(H2,16,18,19). The van der Waals surface area contributed by atoms with E-state index < -0.39 is 10.0 Å². The molecule has 0 bridgehead atoms. The second kappa shape index (κ2) is 5.07. The van der Waals surface area contributed by atoms with Gasteiger partial charge >= 0.3 is 0 Å². The van der Waals surface area contributed by atoms with Gasteiger partial charge in [-0.2, -0.15) is 0 Å². The second-order valence-corrected chi connectivity index (χ2v) is 6.09. The van der Waals surface area contributed by atoms with Crippen LogP contribution in [0.2, 0.25) is 0 Å². The molecule has 0 saturated carbocycles. The average Bonchev–Trinajstić information content (AvgIpc) is 2.36. The highest BCUT2D eigenvalue weighted by Crippen LogP contribution is 2.17. The molecule has 0 spiro atoms. The molecule has 0 aromatic heterocycles. The molecule has 4 N–H and O–H groups in total. The fraction of sp³-hybridized carbons (Fsp3) is 0.0714. The number of hydrogen-bond donors (Lipinski definition) is 2. The first kappa shape index (κ1) is 14.2. The number of hydrogen-bond acceptors (Lipinski definition) is 4. The van der Waals surface area contributed by atoms with E-state index >= 15 is 0 Å². The summed E-state index contributed by atoms with van der Waals surface area (Å²) >= 11 is 0. The Labute approximate surface area is 117 Å². The van der Waals surface area contributed by atoms with Crippen molar-refractivity contribution in [3.8, 4) is 0 Å². The molecule has 2 aromatic carbocycles. The number of primary sulfonamides is 1. The lowest BCUT2D eigenvalue weighted by Gasteiger charge is -2.05. The molecule has 5 nitrogen and oxygen atoms in total. The van der Waals surface area contributed by atoms with Crippen LogP contribution in [-0.4, -0.2) is 14.2 Å². The van der Waals surface area contributed by atoms with Crippen molar-refractivity contribution in [3.05, 3.63) is 59.2 Å². The van der Waals surface area contributed by atoms with Crippen LogP contribution < -0.4 is 10.9 Å². The highest BCUT2D eigenvalue weighted by atomic mass is 32.2. The van der Waals surface area contributed by atoms with E-state index in [-0.39, 0.29) is 10.7 Å². The van der Waals surface area contributed by atoms with Gasteiger partial charge in [0.2, 0.25) is 10.0 Å². The van der Waals surface area contributed by atoms with Crippen molar-refractivity contribution in [2.45, 2.75) is 11.8 Å². The van der Waals surface area contributed by atoms with Gasteiger partial charge in [-0.3, -0.25) is 4.79 Å². The first-order chi connectivity index (χ1) is 9.27. The van der Waals surface area contributed by atoms with Gasteiger partial charge in [0, 0.05) is 16.8 Å². The summed E-state index contributed by atoms with van der Waals surface area (Å²) in [6.07, 6.45) is 0. The molecular weight excluding hydrogens is 276 g/mol. The molecule has 0 saturated heterocycles. The van der Waals surface area contributed by atoms with Crippen molar-refractivity contribution in [3.63, 3.8) is 0 Å². The minimum atomic E-state index is -3.75. The molecule has 104 valence electrons. The van der Waals surface area contributed by atoms with E-state index in [1.165, 1.54) is 24.3 Å². The van der Waals surface area contributed by atoms with Crippen LogP contribution in [0.1, 0.15) is 21.5 Å². The zero-order valence-electron chi connectivity index (χ0n) is 10.8. The molecular formula is C14H14N2O3S. The normalized spacial score (nSPS) is 11.3.